The first-order valence-electron chi connectivity index (χ1n) is 9.13. The fraction of sp³-hybridized carbons (Fsp3) is 0.500. The number of carbonyl (C=O) groups is 1. The third-order valence-corrected chi connectivity index (χ3v) is 5.10. The van der Waals surface area contributed by atoms with Gasteiger partial charge in [0, 0.05) is 37.7 Å². The van der Waals surface area contributed by atoms with Gasteiger partial charge in [-0.3, -0.25) is 9.69 Å². The molecule has 1 aromatic heterocycles. The smallest absolute Gasteiger partial charge is 0.230 e. The average Bonchev–Trinajstić information content (AvgIpc) is 2.94. The molecule has 1 atom stereocenters. The topological polar surface area (TPSA) is 76.8 Å². The number of carbonyl (C=O) groups excluding carboxylic acids is 1. The molecule has 0 saturated carbocycles. The second-order valence-electron chi connectivity index (χ2n) is 6.87. The van der Waals surface area contributed by atoms with Gasteiger partial charge in [0.15, 0.2) is 0 Å². The van der Waals surface area contributed by atoms with Crippen LogP contribution in [0.3, 0.4) is 0 Å². The van der Waals surface area contributed by atoms with E-state index in [0.29, 0.717) is 37.7 Å². The van der Waals surface area contributed by atoms with Crippen molar-refractivity contribution in [3.63, 3.8) is 0 Å². The highest BCUT2D eigenvalue weighted by Crippen LogP contribution is 2.38. The number of aryl methyl sites for hydroxylation is 1. The van der Waals surface area contributed by atoms with Crippen molar-refractivity contribution in [3.05, 3.63) is 29.2 Å². The minimum atomic E-state index is 0.0976. The minimum Gasteiger partial charge on any atom is -0.496 e. The highest BCUT2D eigenvalue weighted by Gasteiger charge is 2.24. The Labute approximate surface area is 159 Å². The van der Waals surface area contributed by atoms with Gasteiger partial charge in [0.05, 0.1) is 25.5 Å². The number of hydrogen-bond acceptors (Lipinski definition) is 6. The van der Waals surface area contributed by atoms with Crippen LogP contribution in [0, 0.1) is 13.8 Å². The normalized spacial score (nSPS) is 18.1. The molecule has 0 radical (unpaired) electrons. The molecule has 1 aliphatic heterocycles. The van der Waals surface area contributed by atoms with Gasteiger partial charge in [-0.1, -0.05) is 0 Å². The van der Waals surface area contributed by atoms with E-state index in [9.17, 15) is 4.79 Å². The minimum absolute atomic E-state index is 0.0976. The molecule has 1 aromatic carbocycles. The summed E-state index contributed by atoms with van der Waals surface area (Å²) in [6.45, 7) is 7.97. The second-order valence-corrected chi connectivity index (χ2v) is 6.87. The van der Waals surface area contributed by atoms with Crippen molar-refractivity contribution in [2.75, 3.05) is 27.3 Å². The van der Waals surface area contributed by atoms with Crippen LogP contribution in [-0.4, -0.2) is 49.1 Å². The van der Waals surface area contributed by atoms with Crippen LogP contribution in [0.4, 0.5) is 0 Å². The molecule has 1 saturated heterocycles. The van der Waals surface area contributed by atoms with Crippen LogP contribution in [0.2, 0.25) is 0 Å². The largest absolute Gasteiger partial charge is 0.496 e. The van der Waals surface area contributed by atoms with Crippen molar-refractivity contribution in [2.24, 2.45) is 0 Å². The number of nitrogens with one attached hydrogen (secondary N) is 1. The summed E-state index contributed by atoms with van der Waals surface area (Å²) in [7, 11) is 3.27. The molecular weight excluding hydrogens is 346 g/mol. The lowest BCUT2D eigenvalue weighted by Crippen LogP contribution is -2.37. The van der Waals surface area contributed by atoms with Crippen molar-refractivity contribution in [1.29, 1.82) is 0 Å². The monoisotopic (exact) mass is 373 g/mol. The average molecular weight is 373 g/mol. The summed E-state index contributed by atoms with van der Waals surface area (Å²) in [5.74, 6) is 2.85. The fourth-order valence-corrected chi connectivity index (χ4v) is 3.39. The number of benzene rings is 1. The third kappa shape index (κ3) is 3.93. The molecule has 7 nitrogen and oxygen atoms in total. The summed E-state index contributed by atoms with van der Waals surface area (Å²) in [6.07, 6.45) is 0.500. The molecule has 0 spiro atoms. The molecule has 7 heteroatoms. The van der Waals surface area contributed by atoms with Crippen molar-refractivity contribution in [1.82, 2.24) is 15.2 Å². The zero-order chi connectivity index (χ0) is 19.6. The number of amides is 1. The Bertz CT molecular complexity index is 831. The molecule has 1 fully saturated rings. The Hall–Kier alpha value is -2.54. The van der Waals surface area contributed by atoms with E-state index in [1.54, 1.807) is 14.2 Å². The number of nitrogens with zero attached hydrogens (tertiary/aromatic N) is 2. The standard InChI is InChI=1S/C20H27N3O4/c1-12-10-21-18(24)8-9-23(12)11-16-14(3)27-20(22-16)15-6-7-17(25-4)13(2)19(15)26-5/h6-7,12H,8-11H2,1-5H3,(H,21,24). The first-order chi connectivity index (χ1) is 12.9. The van der Waals surface area contributed by atoms with E-state index in [1.165, 1.54) is 0 Å². The van der Waals surface area contributed by atoms with Gasteiger partial charge in [0.1, 0.15) is 17.3 Å². The Kier molecular flexibility index (Phi) is 5.70. The highest BCUT2D eigenvalue weighted by atomic mass is 16.5. The van der Waals surface area contributed by atoms with Gasteiger partial charge in [-0.25, -0.2) is 4.98 Å². The van der Waals surface area contributed by atoms with Gasteiger partial charge >= 0.3 is 0 Å². The van der Waals surface area contributed by atoms with Crippen LogP contribution < -0.4 is 14.8 Å². The number of rotatable bonds is 5. The van der Waals surface area contributed by atoms with E-state index in [4.69, 9.17) is 18.9 Å². The SMILES string of the molecule is COc1ccc(-c2nc(CN3CCC(=O)NCC3C)c(C)o2)c(OC)c1C. The second kappa shape index (κ2) is 8.00. The van der Waals surface area contributed by atoms with Crippen molar-refractivity contribution in [3.8, 4) is 23.0 Å². The molecule has 3 rings (SSSR count). The molecule has 146 valence electrons. The molecule has 27 heavy (non-hydrogen) atoms. The number of ether oxygens (including phenoxy) is 2. The van der Waals surface area contributed by atoms with Gasteiger partial charge in [-0.15, -0.1) is 0 Å². The van der Waals surface area contributed by atoms with Crippen LogP contribution in [0.1, 0.15) is 30.4 Å². The van der Waals surface area contributed by atoms with E-state index in [0.717, 1.165) is 28.3 Å². The van der Waals surface area contributed by atoms with Crippen LogP contribution in [0.15, 0.2) is 16.5 Å². The molecule has 1 aliphatic rings. The zero-order valence-corrected chi connectivity index (χ0v) is 16.6. The van der Waals surface area contributed by atoms with E-state index >= 15 is 0 Å². The van der Waals surface area contributed by atoms with E-state index in [-0.39, 0.29) is 11.9 Å². The van der Waals surface area contributed by atoms with Gasteiger partial charge < -0.3 is 19.2 Å². The Morgan fingerprint density at radius 3 is 2.78 bits per heavy atom. The molecule has 1 amide bonds. The third-order valence-electron chi connectivity index (χ3n) is 5.10. The van der Waals surface area contributed by atoms with Gasteiger partial charge in [0.2, 0.25) is 11.8 Å². The summed E-state index contributed by atoms with van der Waals surface area (Å²) in [5.41, 5.74) is 2.58. The summed E-state index contributed by atoms with van der Waals surface area (Å²) < 4.78 is 16.9. The van der Waals surface area contributed by atoms with Crippen LogP contribution in [0.25, 0.3) is 11.5 Å². The first-order valence-corrected chi connectivity index (χ1v) is 9.13. The molecule has 1 unspecified atom stereocenters. The fourth-order valence-electron chi connectivity index (χ4n) is 3.39. The van der Waals surface area contributed by atoms with E-state index in [2.05, 4.69) is 17.1 Å². The summed E-state index contributed by atoms with van der Waals surface area (Å²) in [5, 5.41) is 2.93. The van der Waals surface area contributed by atoms with Crippen LogP contribution >= 0.6 is 0 Å². The number of oxazole rings is 1. The zero-order valence-electron chi connectivity index (χ0n) is 16.6. The summed E-state index contributed by atoms with van der Waals surface area (Å²) in [6, 6.07) is 4.03. The molecule has 2 aromatic rings. The molecule has 2 heterocycles. The van der Waals surface area contributed by atoms with E-state index < -0.39 is 0 Å². The predicted molar refractivity (Wildman–Crippen MR) is 102 cm³/mol. The summed E-state index contributed by atoms with van der Waals surface area (Å²) >= 11 is 0. The maximum Gasteiger partial charge on any atom is 0.230 e. The Balaban J connectivity index is 1.89. The molecular formula is C20H27N3O4. The van der Waals surface area contributed by atoms with Crippen molar-refractivity contribution >= 4 is 5.91 Å². The number of aromatic nitrogens is 1. The number of hydrogen-bond donors (Lipinski definition) is 1. The van der Waals surface area contributed by atoms with Crippen LogP contribution in [0.5, 0.6) is 11.5 Å². The van der Waals surface area contributed by atoms with Gasteiger partial charge in [0.25, 0.3) is 0 Å². The highest BCUT2D eigenvalue weighted by molar-refractivity contribution is 5.76. The predicted octanol–water partition coefficient (Wildman–Crippen LogP) is 2.69. The van der Waals surface area contributed by atoms with E-state index in [1.807, 2.05) is 26.0 Å². The van der Waals surface area contributed by atoms with Crippen molar-refractivity contribution in [2.45, 2.75) is 39.8 Å². The molecule has 1 N–H and O–H groups in total. The summed E-state index contributed by atoms with van der Waals surface area (Å²) in [4.78, 5) is 18.6. The molecule has 0 aliphatic carbocycles. The number of methoxy groups -OCH3 is 2. The lowest BCUT2D eigenvalue weighted by Gasteiger charge is -2.25. The maximum atomic E-state index is 11.6. The lowest BCUT2D eigenvalue weighted by molar-refractivity contribution is -0.120. The van der Waals surface area contributed by atoms with Gasteiger partial charge in [-0.05, 0) is 32.9 Å². The molecule has 0 bridgehead atoms. The van der Waals surface area contributed by atoms with Crippen LogP contribution in [-0.2, 0) is 11.3 Å². The Morgan fingerprint density at radius 1 is 1.30 bits per heavy atom. The first kappa shape index (κ1) is 19.2. The van der Waals surface area contributed by atoms with Gasteiger partial charge in [-0.2, -0.15) is 0 Å². The quantitative estimate of drug-likeness (QED) is 0.868. The lowest BCUT2D eigenvalue weighted by atomic mass is 10.1. The Morgan fingerprint density at radius 2 is 2.07 bits per heavy atom. The maximum absolute atomic E-state index is 11.6. The van der Waals surface area contributed by atoms with Crippen molar-refractivity contribution < 1.29 is 18.7 Å².